The minimum absolute atomic E-state index is 0.124. The van der Waals surface area contributed by atoms with Gasteiger partial charge in [0.2, 0.25) is 5.91 Å². The summed E-state index contributed by atoms with van der Waals surface area (Å²) in [6, 6.07) is 9.00. The molecule has 0 aliphatic carbocycles. The van der Waals surface area contributed by atoms with Crippen LogP contribution in [0.3, 0.4) is 0 Å². The fourth-order valence-electron chi connectivity index (χ4n) is 1.69. The molecule has 2 N–H and O–H groups in total. The molecule has 0 fully saturated rings. The number of amides is 1. The Morgan fingerprint density at radius 2 is 1.90 bits per heavy atom. The lowest BCUT2D eigenvalue weighted by Crippen LogP contribution is -2.35. The molecule has 0 radical (unpaired) electrons. The molecule has 1 aromatic heterocycles. The Kier molecular flexibility index (Phi) is 4.14. The second-order valence-corrected chi connectivity index (χ2v) is 4.50. The molecule has 0 spiro atoms. The molecule has 2 aromatic rings. The van der Waals surface area contributed by atoms with Gasteiger partial charge < -0.3 is 5.32 Å². The first-order valence-corrected chi connectivity index (χ1v) is 6.16. The summed E-state index contributed by atoms with van der Waals surface area (Å²) < 4.78 is 1.14. The van der Waals surface area contributed by atoms with E-state index < -0.39 is 11.2 Å². The number of aromatic nitrogens is 2. The summed E-state index contributed by atoms with van der Waals surface area (Å²) in [6.07, 6.45) is 1.30. The van der Waals surface area contributed by atoms with Crippen LogP contribution in [0.15, 0.2) is 46.1 Å². The quantitative estimate of drug-likeness (QED) is 0.832. The van der Waals surface area contributed by atoms with Crippen molar-refractivity contribution in [2.24, 2.45) is 0 Å². The second kappa shape index (κ2) is 6.01. The number of hydrogen-bond acceptors (Lipinski definition) is 3. The van der Waals surface area contributed by atoms with Crippen LogP contribution in [-0.2, 0) is 17.9 Å². The number of nitrogens with one attached hydrogen (secondary N) is 2. The summed E-state index contributed by atoms with van der Waals surface area (Å²) in [5, 5.41) is 2.72. The molecule has 6 nitrogen and oxygen atoms in total. The monoisotopic (exact) mass is 273 g/mol. The number of aromatic amines is 1. The zero-order valence-electron chi connectivity index (χ0n) is 11.1. The number of carbonyl (C=O) groups excluding carboxylic acids is 1. The van der Waals surface area contributed by atoms with E-state index in [1.165, 1.54) is 12.3 Å². The molecule has 0 saturated carbocycles. The molecule has 1 amide bonds. The van der Waals surface area contributed by atoms with E-state index >= 15 is 0 Å². The van der Waals surface area contributed by atoms with Gasteiger partial charge in [-0.1, -0.05) is 29.8 Å². The Bertz CT molecular complexity index is 713. The number of H-pyrrole nitrogens is 1. The van der Waals surface area contributed by atoms with E-state index in [4.69, 9.17) is 0 Å². The lowest BCUT2D eigenvalue weighted by molar-refractivity contribution is -0.121. The second-order valence-electron chi connectivity index (χ2n) is 4.50. The standard InChI is InChI=1S/C14H15N3O3/c1-10-2-4-11(5-3-10)8-15-13(19)9-17-7-6-12(18)16-14(17)20/h2-7H,8-9H2,1H3,(H,15,19)(H,16,18,20). The van der Waals surface area contributed by atoms with E-state index in [1.807, 2.05) is 31.2 Å². The number of hydrogen-bond donors (Lipinski definition) is 2. The van der Waals surface area contributed by atoms with Crippen molar-refractivity contribution in [3.05, 3.63) is 68.5 Å². The van der Waals surface area contributed by atoms with Crippen LogP contribution < -0.4 is 16.6 Å². The van der Waals surface area contributed by atoms with Crippen LogP contribution >= 0.6 is 0 Å². The molecule has 0 atom stereocenters. The van der Waals surface area contributed by atoms with Gasteiger partial charge in [-0.15, -0.1) is 0 Å². The van der Waals surface area contributed by atoms with E-state index in [0.717, 1.165) is 15.7 Å². The summed E-state index contributed by atoms with van der Waals surface area (Å²) in [5.41, 5.74) is 1.06. The van der Waals surface area contributed by atoms with Crippen LogP contribution in [0.2, 0.25) is 0 Å². The van der Waals surface area contributed by atoms with Crippen molar-refractivity contribution in [3.8, 4) is 0 Å². The number of nitrogens with zero attached hydrogens (tertiary/aromatic N) is 1. The topological polar surface area (TPSA) is 84.0 Å². The van der Waals surface area contributed by atoms with Gasteiger partial charge in [0, 0.05) is 18.8 Å². The van der Waals surface area contributed by atoms with Crippen molar-refractivity contribution in [1.29, 1.82) is 0 Å². The third kappa shape index (κ3) is 3.68. The fraction of sp³-hybridized carbons (Fsp3) is 0.214. The fourth-order valence-corrected chi connectivity index (χ4v) is 1.69. The molecular formula is C14H15N3O3. The molecule has 104 valence electrons. The highest BCUT2D eigenvalue weighted by atomic mass is 16.2. The summed E-state index contributed by atoms with van der Waals surface area (Å²) in [6.45, 7) is 2.27. The smallest absolute Gasteiger partial charge is 0.328 e. The van der Waals surface area contributed by atoms with Gasteiger partial charge in [0.1, 0.15) is 6.54 Å². The number of benzene rings is 1. The van der Waals surface area contributed by atoms with Crippen molar-refractivity contribution in [1.82, 2.24) is 14.9 Å². The van der Waals surface area contributed by atoms with Crippen LogP contribution in [-0.4, -0.2) is 15.5 Å². The molecule has 0 aliphatic heterocycles. The highest BCUT2D eigenvalue weighted by Crippen LogP contribution is 2.02. The zero-order valence-corrected chi connectivity index (χ0v) is 11.1. The van der Waals surface area contributed by atoms with E-state index in [2.05, 4.69) is 10.3 Å². The first-order chi connectivity index (χ1) is 9.54. The minimum atomic E-state index is -0.594. The average molecular weight is 273 g/mol. The van der Waals surface area contributed by atoms with Gasteiger partial charge in [0.25, 0.3) is 5.56 Å². The maximum atomic E-state index is 11.7. The molecule has 0 aliphatic rings. The maximum Gasteiger partial charge on any atom is 0.328 e. The molecule has 1 aromatic carbocycles. The van der Waals surface area contributed by atoms with E-state index in [9.17, 15) is 14.4 Å². The molecule has 6 heteroatoms. The molecule has 0 bridgehead atoms. The number of carbonyl (C=O) groups is 1. The van der Waals surface area contributed by atoms with Crippen LogP contribution in [0, 0.1) is 6.92 Å². The van der Waals surface area contributed by atoms with Gasteiger partial charge in [0.05, 0.1) is 0 Å². The minimum Gasteiger partial charge on any atom is -0.350 e. The first kappa shape index (κ1) is 13.8. The summed E-state index contributed by atoms with van der Waals surface area (Å²) in [5.74, 6) is -0.292. The lowest BCUT2D eigenvalue weighted by Gasteiger charge is -2.07. The van der Waals surface area contributed by atoms with Crippen LogP contribution in [0.1, 0.15) is 11.1 Å². The van der Waals surface area contributed by atoms with Gasteiger partial charge in [-0.05, 0) is 12.5 Å². The Balaban J connectivity index is 1.94. The van der Waals surface area contributed by atoms with E-state index in [1.54, 1.807) is 0 Å². The van der Waals surface area contributed by atoms with Crippen molar-refractivity contribution in [3.63, 3.8) is 0 Å². The van der Waals surface area contributed by atoms with Gasteiger partial charge >= 0.3 is 5.69 Å². The average Bonchev–Trinajstić information content (AvgIpc) is 2.41. The summed E-state index contributed by atoms with van der Waals surface area (Å²) in [7, 11) is 0. The largest absolute Gasteiger partial charge is 0.350 e. The van der Waals surface area contributed by atoms with Crippen LogP contribution in [0.5, 0.6) is 0 Å². The molecular weight excluding hydrogens is 258 g/mol. The lowest BCUT2D eigenvalue weighted by atomic mass is 10.1. The number of rotatable bonds is 4. The Labute approximate surface area is 115 Å². The van der Waals surface area contributed by atoms with Crippen LogP contribution in [0.25, 0.3) is 0 Å². The third-order valence-electron chi connectivity index (χ3n) is 2.82. The Hall–Kier alpha value is -2.63. The normalized spacial score (nSPS) is 10.2. The molecule has 1 heterocycles. The molecule has 2 rings (SSSR count). The van der Waals surface area contributed by atoms with Crippen LogP contribution in [0.4, 0.5) is 0 Å². The number of aryl methyl sites for hydroxylation is 1. The SMILES string of the molecule is Cc1ccc(CNC(=O)Cn2ccc(=O)[nH]c2=O)cc1. The van der Waals surface area contributed by atoms with Crippen molar-refractivity contribution in [2.45, 2.75) is 20.0 Å². The van der Waals surface area contributed by atoms with Crippen molar-refractivity contribution in [2.75, 3.05) is 0 Å². The van der Waals surface area contributed by atoms with Gasteiger partial charge in [-0.2, -0.15) is 0 Å². The Morgan fingerprint density at radius 3 is 2.55 bits per heavy atom. The van der Waals surface area contributed by atoms with Gasteiger partial charge in [0.15, 0.2) is 0 Å². The van der Waals surface area contributed by atoms with Crippen molar-refractivity contribution >= 4 is 5.91 Å². The highest BCUT2D eigenvalue weighted by Gasteiger charge is 2.04. The third-order valence-corrected chi connectivity index (χ3v) is 2.82. The molecule has 0 saturated heterocycles. The molecule has 20 heavy (non-hydrogen) atoms. The maximum absolute atomic E-state index is 11.7. The van der Waals surface area contributed by atoms with Crippen molar-refractivity contribution < 1.29 is 4.79 Å². The highest BCUT2D eigenvalue weighted by molar-refractivity contribution is 5.75. The first-order valence-electron chi connectivity index (χ1n) is 6.16. The predicted molar refractivity (Wildman–Crippen MR) is 74.3 cm³/mol. The zero-order chi connectivity index (χ0) is 14.5. The van der Waals surface area contributed by atoms with Gasteiger partial charge in [-0.3, -0.25) is 19.1 Å². The predicted octanol–water partition coefficient (Wildman–Crippen LogP) is 0.161. The summed E-state index contributed by atoms with van der Waals surface area (Å²) in [4.78, 5) is 36.1. The molecule has 0 unspecified atom stereocenters. The Morgan fingerprint density at radius 1 is 1.20 bits per heavy atom. The van der Waals surface area contributed by atoms with Gasteiger partial charge in [-0.25, -0.2) is 4.79 Å². The van der Waals surface area contributed by atoms with E-state index in [0.29, 0.717) is 6.54 Å². The van der Waals surface area contributed by atoms with E-state index in [-0.39, 0.29) is 12.5 Å². The summed E-state index contributed by atoms with van der Waals surface area (Å²) >= 11 is 0.